The van der Waals surface area contributed by atoms with Gasteiger partial charge in [0.05, 0.1) is 5.56 Å². The highest BCUT2D eigenvalue weighted by Gasteiger charge is 2.38. The second-order valence-electron chi connectivity index (χ2n) is 7.82. The molecule has 1 aromatic carbocycles. The number of benzene rings is 1. The molecular weight excluding hydrogens is 332 g/mol. The molecule has 1 aromatic heterocycles. The molecule has 1 heterocycles. The average molecular weight is 356 g/mol. The van der Waals surface area contributed by atoms with Crippen LogP contribution in [0.25, 0.3) is 5.69 Å². The van der Waals surface area contributed by atoms with Crippen LogP contribution in [0.5, 0.6) is 0 Å². The van der Waals surface area contributed by atoms with Gasteiger partial charge in [-0.25, -0.2) is 4.98 Å². The number of imidazole rings is 1. The highest BCUT2D eigenvalue weighted by molar-refractivity contribution is 7.68. The Kier molecular flexibility index (Phi) is 4.89. The Morgan fingerprint density at radius 2 is 1.38 bits per heavy atom. The second kappa shape index (κ2) is 6.18. The monoisotopic (exact) mass is 356 g/mol. The number of aromatic nitrogens is 2. The molecule has 0 aliphatic rings. The predicted octanol–water partition coefficient (Wildman–Crippen LogP) is 5.60. The van der Waals surface area contributed by atoms with E-state index < -0.39 is 19.7 Å². The molecule has 2 rings (SSSR count). The number of alkyl halides is 3. The van der Waals surface area contributed by atoms with E-state index in [9.17, 15) is 13.2 Å². The molecule has 0 saturated heterocycles. The molecule has 0 unspecified atom stereocenters. The molecule has 6 heteroatoms. The van der Waals surface area contributed by atoms with Gasteiger partial charge in [0.1, 0.15) is 5.57 Å². The van der Waals surface area contributed by atoms with Crippen LogP contribution in [-0.2, 0) is 6.18 Å². The zero-order valence-electron chi connectivity index (χ0n) is 14.9. The second-order valence-corrected chi connectivity index (χ2v) is 11.6. The van der Waals surface area contributed by atoms with Crippen molar-refractivity contribution in [2.24, 2.45) is 0 Å². The lowest BCUT2D eigenvalue weighted by atomic mass is 10.2. The summed E-state index contributed by atoms with van der Waals surface area (Å²) in [5.74, 6) is 0. The van der Waals surface area contributed by atoms with Gasteiger partial charge in [-0.3, -0.25) is 0 Å². The Labute approximate surface area is 142 Å². The third-order valence-corrected chi connectivity index (χ3v) is 7.05. The molecule has 0 bridgehead atoms. The van der Waals surface area contributed by atoms with Gasteiger partial charge in [0.2, 0.25) is 0 Å². The number of halogens is 3. The Bertz CT molecular complexity index is 675. The normalized spacial score (nSPS) is 13.6. The number of hydrogen-bond acceptors (Lipinski definition) is 1. The van der Waals surface area contributed by atoms with Gasteiger partial charge < -0.3 is 4.57 Å². The first-order chi connectivity index (χ1) is 10.8. The molecular formula is C18H24F3N2P. The number of nitrogens with zero attached hydrogens (tertiary/aromatic N) is 2. The van der Waals surface area contributed by atoms with E-state index in [1.165, 1.54) is 12.1 Å². The molecule has 0 radical (unpaired) electrons. The molecule has 2 aromatic rings. The third kappa shape index (κ3) is 4.00. The van der Waals surface area contributed by atoms with E-state index in [4.69, 9.17) is 0 Å². The molecule has 24 heavy (non-hydrogen) atoms. The van der Waals surface area contributed by atoms with Crippen LogP contribution in [-0.4, -0.2) is 19.9 Å². The maximum absolute atomic E-state index is 12.8. The van der Waals surface area contributed by atoms with Crippen LogP contribution < -0.4 is 5.57 Å². The molecule has 0 amide bonds. The quantitative estimate of drug-likeness (QED) is 0.641. The van der Waals surface area contributed by atoms with Gasteiger partial charge in [-0.05, 0) is 42.5 Å². The molecule has 0 spiro atoms. The van der Waals surface area contributed by atoms with E-state index in [0.717, 1.165) is 17.7 Å². The molecule has 0 aliphatic heterocycles. The van der Waals surface area contributed by atoms with Gasteiger partial charge in [-0.15, -0.1) is 0 Å². The Morgan fingerprint density at radius 3 is 1.79 bits per heavy atom. The summed E-state index contributed by atoms with van der Waals surface area (Å²) >= 11 is 0. The molecule has 132 valence electrons. The van der Waals surface area contributed by atoms with E-state index in [2.05, 4.69) is 46.5 Å². The van der Waals surface area contributed by atoms with Crippen molar-refractivity contribution >= 4 is 13.5 Å². The fourth-order valence-corrected chi connectivity index (χ4v) is 6.87. The van der Waals surface area contributed by atoms with Gasteiger partial charge in [0.25, 0.3) is 0 Å². The van der Waals surface area contributed by atoms with E-state index in [1.807, 2.05) is 10.8 Å². The van der Waals surface area contributed by atoms with E-state index >= 15 is 0 Å². The Balaban J connectivity index is 2.50. The Hall–Kier alpha value is -1.35. The summed E-state index contributed by atoms with van der Waals surface area (Å²) in [6.45, 7) is 13.1. The predicted molar refractivity (Wildman–Crippen MR) is 94.6 cm³/mol. The molecule has 2 nitrogen and oxygen atoms in total. The SMILES string of the molecule is CC(C)(C)P(c1nccn1-c1ccc(C(F)(F)F)cc1)C(C)(C)C. The van der Waals surface area contributed by atoms with Gasteiger partial charge in [0.15, 0.2) is 0 Å². The topological polar surface area (TPSA) is 17.8 Å². The van der Waals surface area contributed by atoms with E-state index in [-0.39, 0.29) is 10.3 Å². The highest BCUT2D eigenvalue weighted by atomic mass is 31.1. The molecule has 0 fully saturated rings. The molecule has 0 N–H and O–H groups in total. The Morgan fingerprint density at radius 1 is 0.875 bits per heavy atom. The van der Waals surface area contributed by atoms with Crippen molar-refractivity contribution in [2.75, 3.05) is 0 Å². The van der Waals surface area contributed by atoms with Crippen LogP contribution in [0.15, 0.2) is 36.7 Å². The summed E-state index contributed by atoms with van der Waals surface area (Å²) in [5.41, 5.74) is 1.00. The number of rotatable bonds is 2. The lowest BCUT2D eigenvalue weighted by Crippen LogP contribution is -2.35. The minimum atomic E-state index is -4.32. The summed E-state index contributed by atoms with van der Waals surface area (Å²) < 4.78 is 40.2. The average Bonchev–Trinajstić information content (AvgIpc) is 2.83. The van der Waals surface area contributed by atoms with Crippen molar-refractivity contribution < 1.29 is 13.2 Å². The van der Waals surface area contributed by atoms with Gasteiger partial charge in [-0.2, -0.15) is 13.2 Å². The third-order valence-electron chi connectivity index (χ3n) is 3.64. The van der Waals surface area contributed by atoms with Crippen LogP contribution in [0.1, 0.15) is 47.1 Å². The van der Waals surface area contributed by atoms with Crippen LogP contribution in [0.3, 0.4) is 0 Å². The van der Waals surface area contributed by atoms with Crippen molar-refractivity contribution in [3.63, 3.8) is 0 Å². The zero-order chi connectivity index (χ0) is 18.3. The van der Waals surface area contributed by atoms with Crippen molar-refractivity contribution in [1.82, 2.24) is 9.55 Å². The van der Waals surface area contributed by atoms with E-state index in [0.29, 0.717) is 5.69 Å². The van der Waals surface area contributed by atoms with Crippen molar-refractivity contribution in [1.29, 1.82) is 0 Å². The van der Waals surface area contributed by atoms with Gasteiger partial charge >= 0.3 is 6.18 Å². The molecule has 0 atom stereocenters. The van der Waals surface area contributed by atoms with Gasteiger partial charge in [0, 0.05) is 18.1 Å². The van der Waals surface area contributed by atoms with Crippen LogP contribution >= 0.6 is 7.92 Å². The van der Waals surface area contributed by atoms with E-state index in [1.54, 1.807) is 6.20 Å². The van der Waals surface area contributed by atoms with Crippen LogP contribution in [0.4, 0.5) is 13.2 Å². The lowest BCUT2D eigenvalue weighted by molar-refractivity contribution is -0.137. The first-order valence-corrected chi connectivity index (χ1v) is 9.17. The lowest BCUT2D eigenvalue weighted by Gasteiger charge is -2.40. The largest absolute Gasteiger partial charge is 0.416 e. The van der Waals surface area contributed by atoms with Crippen molar-refractivity contribution in [2.45, 2.75) is 58.0 Å². The maximum atomic E-state index is 12.8. The summed E-state index contributed by atoms with van der Waals surface area (Å²) in [6, 6.07) is 5.25. The van der Waals surface area contributed by atoms with Crippen LogP contribution in [0.2, 0.25) is 0 Å². The summed E-state index contributed by atoms with van der Waals surface area (Å²) in [7, 11) is -0.646. The summed E-state index contributed by atoms with van der Waals surface area (Å²) in [4.78, 5) is 4.57. The number of hydrogen-bond donors (Lipinski definition) is 0. The highest BCUT2D eigenvalue weighted by Crippen LogP contribution is 2.57. The van der Waals surface area contributed by atoms with Crippen molar-refractivity contribution in [3.8, 4) is 5.69 Å². The summed E-state index contributed by atoms with van der Waals surface area (Å²) in [5, 5.41) is 0.0607. The maximum Gasteiger partial charge on any atom is 0.416 e. The smallest absolute Gasteiger partial charge is 0.300 e. The molecule has 0 aliphatic carbocycles. The van der Waals surface area contributed by atoms with Crippen molar-refractivity contribution in [3.05, 3.63) is 42.2 Å². The van der Waals surface area contributed by atoms with Crippen LogP contribution in [0, 0.1) is 0 Å². The fourth-order valence-electron chi connectivity index (χ4n) is 3.08. The molecule has 0 saturated carbocycles. The first kappa shape index (κ1) is 19.0. The fraction of sp³-hybridized carbons (Fsp3) is 0.500. The van der Waals surface area contributed by atoms with Gasteiger partial charge in [-0.1, -0.05) is 41.5 Å². The zero-order valence-corrected chi connectivity index (χ0v) is 15.8. The standard InChI is InChI=1S/C18H24F3N2P/c1-16(2,3)24(17(4,5)6)15-22-11-12-23(15)14-9-7-13(8-10-14)18(19,20)21/h7-12H,1-6H3. The minimum absolute atomic E-state index is 0.0304. The minimum Gasteiger partial charge on any atom is -0.300 e. The summed E-state index contributed by atoms with van der Waals surface area (Å²) in [6.07, 6.45) is -0.774. The first-order valence-electron chi connectivity index (χ1n) is 7.83.